The maximum absolute atomic E-state index is 12.4. The minimum Gasteiger partial charge on any atom is -0.494 e. The van der Waals surface area contributed by atoms with Gasteiger partial charge in [-0.25, -0.2) is 0 Å². The van der Waals surface area contributed by atoms with Crippen LogP contribution in [0.15, 0.2) is 42.5 Å². The van der Waals surface area contributed by atoms with Gasteiger partial charge >= 0.3 is 0 Å². The monoisotopic (exact) mass is 343 g/mol. The Morgan fingerprint density at radius 1 is 1.08 bits per heavy atom. The fraction of sp³-hybridized carbons (Fsp3) is 0.350. The first kappa shape index (κ1) is 18.6. The van der Waals surface area contributed by atoms with Crippen molar-refractivity contribution in [2.24, 2.45) is 0 Å². The minimum atomic E-state index is -0.149. The molecule has 0 heterocycles. The number of hydrogen-bond acceptors (Lipinski definition) is 4. The molecule has 0 aliphatic carbocycles. The summed E-state index contributed by atoms with van der Waals surface area (Å²) >= 11 is 0. The molecule has 5 heteroatoms. The maximum atomic E-state index is 12.4. The van der Waals surface area contributed by atoms with Gasteiger partial charge in [0.25, 0.3) is 5.91 Å². The van der Waals surface area contributed by atoms with Crippen LogP contribution in [0.1, 0.15) is 29.8 Å². The molecule has 0 fully saturated rings. The van der Waals surface area contributed by atoms with E-state index in [9.17, 15) is 4.79 Å². The van der Waals surface area contributed by atoms with E-state index in [0.717, 1.165) is 11.3 Å². The first-order chi connectivity index (χ1) is 12.0. The third-order valence-electron chi connectivity index (χ3n) is 3.67. The molecule has 0 saturated carbocycles. The van der Waals surface area contributed by atoms with E-state index in [1.165, 1.54) is 0 Å². The zero-order valence-electron chi connectivity index (χ0n) is 15.2. The SMILES string of the molecule is CCOc1ccc(C(=O)N[C@H](C)COc2ccccc2OC)cc1C. The lowest BCUT2D eigenvalue weighted by molar-refractivity contribution is 0.0926. The molecule has 5 nitrogen and oxygen atoms in total. The van der Waals surface area contributed by atoms with Gasteiger partial charge in [-0.1, -0.05) is 12.1 Å². The molecule has 1 atom stereocenters. The van der Waals surface area contributed by atoms with Crippen LogP contribution in [0.4, 0.5) is 0 Å². The molecular formula is C20H25NO4. The van der Waals surface area contributed by atoms with Gasteiger partial charge in [-0.15, -0.1) is 0 Å². The average molecular weight is 343 g/mol. The van der Waals surface area contributed by atoms with E-state index in [2.05, 4.69) is 5.32 Å². The van der Waals surface area contributed by atoms with Crippen LogP contribution in [0.2, 0.25) is 0 Å². The highest BCUT2D eigenvalue weighted by molar-refractivity contribution is 5.94. The topological polar surface area (TPSA) is 56.8 Å². The van der Waals surface area contributed by atoms with E-state index in [-0.39, 0.29) is 11.9 Å². The number of rotatable bonds is 8. The number of ether oxygens (including phenoxy) is 3. The van der Waals surface area contributed by atoms with Gasteiger partial charge in [0, 0.05) is 5.56 Å². The van der Waals surface area contributed by atoms with E-state index >= 15 is 0 Å². The summed E-state index contributed by atoms with van der Waals surface area (Å²) in [5, 5.41) is 2.94. The Morgan fingerprint density at radius 2 is 1.80 bits per heavy atom. The summed E-state index contributed by atoms with van der Waals surface area (Å²) in [6.45, 7) is 6.71. The Labute approximate surface area is 148 Å². The van der Waals surface area contributed by atoms with Crippen molar-refractivity contribution >= 4 is 5.91 Å². The molecule has 0 aliphatic heterocycles. The molecule has 0 unspecified atom stereocenters. The van der Waals surface area contributed by atoms with E-state index < -0.39 is 0 Å². The van der Waals surface area contributed by atoms with Gasteiger partial charge in [-0.3, -0.25) is 4.79 Å². The fourth-order valence-corrected chi connectivity index (χ4v) is 2.41. The van der Waals surface area contributed by atoms with E-state index in [0.29, 0.717) is 30.3 Å². The standard InChI is InChI=1S/C20H25NO4/c1-5-24-17-11-10-16(12-14(17)2)20(22)21-15(3)13-25-19-9-7-6-8-18(19)23-4/h6-12,15H,5,13H2,1-4H3,(H,21,22)/t15-/m1/s1. The van der Waals surface area contributed by atoms with Crippen LogP contribution in [0.25, 0.3) is 0 Å². The number of para-hydroxylation sites is 2. The van der Waals surface area contributed by atoms with Gasteiger partial charge in [0.1, 0.15) is 12.4 Å². The quantitative estimate of drug-likeness (QED) is 0.796. The summed E-state index contributed by atoms with van der Waals surface area (Å²) < 4.78 is 16.5. The Balaban J connectivity index is 1.92. The molecule has 0 radical (unpaired) electrons. The lowest BCUT2D eigenvalue weighted by atomic mass is 10.1. The van der Waals surface area contributed by atoms with Crippen molar-refractivity contribution in [2.45, 2.75) is 26.8 Å². The third kappa shape index (κ3) is 5.14. The average Bonchev–Trinajstić information content (AvgIpc) is 2.62. The molecule has 0 aromatic heterocycles. The molecule has 134 valence electrons. The van der Waals surface area contributed by atoms with Crippen LogP contribution in [0.3, 0.4) is 0 Å². The molecule has 1 amide bonds. The van der Waals surface area contributed by atoms with Crippen LogP contribution in [0, 0.1) is 6.92 Å². The molecule has 0 spiro atoms. The summed E-state index contributed by atoms with van der Waals surface area (Å²) in [7, 11) is 1.60. The molecule has 2 aromatic carbocycles. The maximum Gasteiger partial charge on any atom is 0.251 e. The van der Waals surface area contributed by atoms with Crippen molar-refractivity contribution in [1.29, 1.82) is 0 Å². The zero-order chi connectivity index (χ0) is 18.2. The van der Waals surface area contributed by atoms with Crippen molar-refractivity contribution in [2.75, 3.05) is 20.3 Å². The first-order valence-corrected chi connectivity index (χ1v) is 8.35. The number of methoxy groups -OCH3 is 1. The molecule has 2 aromatic rings. The summed E-state index contributed by atoms with van der Waals surface area (Å²) in [6.07, 6.45) is 0. The lowest BCUT2D eigenvalue weighted by Gasteiger charge is -2.17. The van der Waals surface area contributed by atoms with Crippen LogP contribution >= 0.6 is 0 Å². The van der Waals surface area contributed by atoms with Gasteiger partial charge in [0.05, 0.1) is 19.8 Å². The molecule has 2 rings (SSSR count). The molecule has 1 N–H and O–H groups in total. The van der Waals surface area contributed by atoms with Crippen LogP contribution in [-0.2, 0) is 0 Å². The Hall–Kier alpha value is -2.69. The van der Waals surface area contributed by atoms with Gasteiger partial charge in [0.15, 0.2) is 11.5 Å². The van der Waals surface area contributed by atoms with Crippen LogP contribution in [0.5, 0.6) is 17.2 Å². The van der Waals surface area contributed by atoms with Gasteiger partial charge in [-0.05, 0) is 56.7 Å². The highest BCUT2D eigenvalue weighted by atomic mass is 16.5. The Morgan fingerprint density at radius 3 is 2.44 bits per heavy atom. The Kier molecular flexibility index (Phi) is 6.69. The molecule has 0 bridgehead atoms. The first-order valence-electron chi connectivity index (χ1n) is 8.35. The minimum absolute atomic E-state index is 0.137. The van der Waals surface area contributed by atoms with Crippen LogP contribution < -0.4 is 19.5 Å². The van der Waals surface area contributed by atoms with Gasteiger partial charge in [-0.2, -0.15) is 0 Å². The van der Waals surface area contributed by atoms with Crippen molar-refractivity contribution in [3.63, 3.8) is 0 Å². The smallest absolute Gasteiger partial charge is 0.251 e. The number of carbonyl (C=O) groups excluding carboxylic acids is 1. The summed E-state index contributed by atoms with van der Waals surface area (Å²) in [6, 6.07) is 12.7. The van der Waals surface area contributed by atoms with Crippen molar-refractivity contribution in [3.8, 4) is 17.2 Å². The second-order valence-corrected chi connectivity index (χ2v) is 5.75. The van der Waals surface area contributed by atoms with Crippen molar-refractivity contribution in [3.05, 3.63) is 53.6 Å². The number of benzene rings is 2. The molecule has 0 aliphatic rings. The predicted molar refractivity (Wildman–Crippen MR) is 97.8 cm³/mol. The highest BCUT2D eigenvalue weighted by Gasteiger charge is 2.13. The van der Waals surface area contributed by atoms with Crippen molar-refractivity contribution in [1.82, 2.24) is 5.32 Å². The highest BCUT2D eigenvalue weighted by Crippen LogP contribution is 2.25. The van der Waals surface area contributed by atoms with Gasteiger partial charge in [0.2, 0.25) is 0 Å². The lowest BCUT2D eigenvalue weighted by Crippen LogP contribution is -2.36. The van der Waals surface area contributed by atoms with Gasteiger partial charge < -0.3 is 19.5 Å². The summed E-state index contributed by atoms with van der Waals surface area (Å²) in [5.41, 5.74) is 1.54. The number of hydrogen-bond donors (Lipinski definition) is 1. The normalized spacial score (nSPS) is 11.5. The number of carbonyl (C=O) groups is 1. The molecular weight excluding hydrogens is 318 g/mol. The predicted octanol–water partition coefficient (Wildman–Crippen LogP) is 3.60. The largest absolute Gasteiger partial charge is 0.494 e. The number of amides is 1. The van der Waals surface area contributed by atoms with Crippen LogP contribution in [-0.4, -0.2) is 32.3 Å². The Bertz CT molecular complexity index is 715. The summed E-state index contributed by atoms with van der Waals surface area (Å²) in [4.78, 5) is 12.4. The number of aryl methyl sites for hydroxylation is 1. The third-order valence-corrected chi connectivity index (χ3v) is 3.67. The van der Waals surface area contributed by atoms with E-state index in [1.807, 2.05) is 57.2 Å². The molecule has 0 saturated heterocycles. The summed E-state index contributed by atoms with van der Waals surface area (Å²) in [5.74, 6) is 1.99. The fourth-order valence-electron chi connectivity index (χ4n) is 2.41. The second-order valence-electron chi connectivity index (χ2n) is 5.75. The van der Waals surface area contributed by atoms with Crippen molar-refractivity contribution < 1.29 is 19.0 Å². The number of nitrogens with one attached hydrogen (secondary N) is 1. The van der Waals surface area contributed by atoms with E-state index in [4.69, 9.17) is 14.2 Å². The second kappa shape index (κ2) is 8.97. The zero-order valence-corrected chi connectivity index (χ0v) is 15.2. The van der Waals surface area contributed by atoms with E-state index in [1.54, 1.807) is 13.2 Å². The molecule has 25 heavy (non-hydrogen) atoms.